The first-order valence-electron chi connectivity index (χ1n) is 9.28. The summed E-state index contributed by atoms with van der Waals surface area (Å²) in [7, 11) is 2.21. The highest BCUT2D eigenvalue weighted by Crippen LogP contribution is 2.25. The first-order chi connectivity index (χ1) is 11.7. The Bertz CT molecular complexity index is 602. The number of nitrogens with zero attached hydrogens (tertiary/aromatic N) is 1. The monoisotopic (exact) mass is 323 g/mol. The van der Waals surface area contributed by atoms with Gasteiger partial charge in [-0.15, -0.1) is 0 Å². The zero-order valence-electron chi connectivity index (χ0n) is 14.7. The molecule has 2 aromatic carbocycles. The lowest BCUT2D eigenvalue weighted by Crippen LogP contribution is -2.34. The Morgan fingerprint density at radius 2 is 1.54 bits per heavy atom. The van der Waals surface area contributed by atoms with Crippen molar-refractivity contribution in [2.75, 3.05) is 13.6 Å². The highest BCUT2D eigenvalue weighted by molar-refractivity contribution is 5.63. The molecule has 128 valence electrons. The van der Waals surface area contributed by atoms with Crippen LogP contribution < -0.4 is 0 Å². The van der Waals surface area contributed by atoms with Gasteiger partial charge in [-0.2, -0.15) is 0 Å². The van der Waals surface area contributed by atoms with Gasteiger partial charge in [0.2, 0.25) is 0 Å². The van der Waals surface area contributed by atoms with Gasteiger partial charge in [0.05, 0.1) is 6.10 Å². The van der Waals surface area contributed by atoms with Crippen molar-refractivity contribution in [1.82, 2.24) is 4.90 Å². The van der Waals surface area contributed by atoms with Gasteiger partial charge >= 0.3 is 0 Å². The average Bonchev–Trinajstić information content (AvgIpc) is 2.67. The second-order valence-electron chi connectivity index (χ2n) is 7.06. The molecule has 2 heteroatoms. The summed E-state index contributed by atoms with van der Waals surface area (Å²) in [5.41, 5.74) is 3.44. The lowest BCUT2D eigenvalue weighted by molar-refractivity contribution is 0.125. The molecule has 1 saturated carbocycles. The third-order valence-electron chi connectivity index (χ3n) is 5.36. The summed E-state index contributed by atoms with van der Waals surface area (Å²) in [6, 6.07) is 19.4. The van der Waals surface area contributed by atoms with Crippen LogP contribution >= 0.6 is 0 Å². The van der Waals surface area contributed by atoms with Crippen LogP contribution in [0.3, 0.4) is 0 Å². The molecule has 0 spiro atoms. The molecular weight excluding hydrogens is 294 g/mol. The van der Waals surface area contributed by atoms with Gasteiger partial charge in [0.25, 0.3) is 0 Å². The predicted molar refractivity (Wildman–Crippen MR) is 101 cm³/mol. The van der Waals surface area contributed by atoms with Crippen LogP contribution in [-0.4, -0.2) is 29.6 Å². The maximum Gasteiger partial charge on any atom is 0.0802 e. The smallest absolute Gasteiger partial charge is 0.0802 e. The van der Waals surface area contributed by atoms with E-state index in [4.69, 9.17) is 0 Å². The van der Waals surface area contributed by atoms with Gasteiger partial charge in [-0.1, -0.05) is 73.9 Å². The first-order valence-corrected chi connectivity index (χ1v) is 9.28. The lowest BCUT2D eigenvalue weighted by atomic mass is 9.94. The molecule has 1 atom stereocenters. The van der Waals surface area contributed by atoms with E-state index < -0.39 is 0 Å². The van der Waals surface area contributed by atoms with Crippen molar-refractivity contribution in [2.24, 2.45) is 0 Å². The van der Waals surface area contributed by atoms with Crippen LogP contribution in [-0.2, 0) is 0 Å². The van der Waals surface area contributed by atoms with E-state index in [9.17, 15) is 5.11 Å². The van der Waals surface area contributed by atoms with E-state index in [1.165, 1.54) is 43.2 Å². The number of benzene rings is 2. The minimum absolute atomic E-state index is 0.374. The van der Waals surface area contributed by atoms with E-state index in [1.54, 1.807) is 0 Å². The van der Waals surface area contributed by atoms with Crippen molar-refractivity contribution in [2.45, 2.75) is 50.7 Å². The molecule has 0 aliphatic heterocycles. The van der Waals surface area contributed by atoms with E-state index in [0.717, 1.165) is 18.5 Å². The second kappa shape index (κ2) is 8.46. The van der Waals surface area contributed by atoms with Crippen LogP contribution in [0.25, 0.3) is 11.1 Å². The Kier molecular flexibility index (Phi) is 6.06. The van der Waals surface area contributed by atoms with Gasteiger partial charge in [-0.25, -0.2) is 0 Å². The van der Waals surface area contributed by atoms with Crippen molar-refractivity contribution >= 4 is 0 Å². The number of aliphatic hydroxyl groups excluding tert-OH is 1. The van der Waals surface area contributed by atoms with Crippen LogP contribution in [0.5, 0.6) is 0 Å². The highest BCUT2D eigenvalue weighted by Gasteiger charge is 2.18. The molecule has 1 fully saturated rings. The number of hydrogen-bond acceptors (Lipinski definition) is 2. The fourth-order valence-electron chi connectivity index (χ4n) is 3.73. The van der Waals surface area contributed by atoms with Gasteiger partial charge in [-0.05, 0) is 43.0 Å². The summed E-state index contributed by atoms with van der Waals surface area (Å²) in [4.78, 5) is 2.45. The van der Waals surface area contributed by atoms with E-state index >= 15 is 0 Å². The minimum Gasteiger partial charge on any atom is -0.388 e. The zero-order valence-corrected chi connectivity index (χ0v) is 14.7. The predicted octanol–water partition coefficient (Wildman–Crippen LogP) is 5.04. The quantitative estimate of drug-likeness (QED) is 0.805. The molecule has 1 aliphatic carbocycles. The largest absolute Gasteiger partial charge is 0.388 e. The van der Waals surface area contributed by atoms with Crippen molar-refractivity contribution < 1.29 is 5.11 Å². The Hall–Kier alpha value is -1.64. The molecule has 0 saturated heterocycles. The van der Waals surface area contributed by atoms with Gasteiger partial charge < -0.3 is 10.0 Å². The lowest BCUT2D eigenvalue weighted by Gasteiger charge is -2.31. The van der Waals surface area contributed by atoms with Gasteiger partial charge in [0, 0.05) is 12.6 Å². The summed E-state index contributed by atoms with van der Waals surface area (Å²) in [5, 5.41) is 10.5. The maximum atomic E-state index is 10.5. The van der Waals surface area contributed by atoms with Gasteiger partial charge in [0.1, 0.15) is 0 Å². The van der Waals surface area contributed by atoms with Gasteiger partial charge in [0.15, 0.2) is 0 Å². The van der Waals surface area contributed by atoms with Crippen molar-refractivity contribution in [3.63, 3.8) is 0 Å². The van der Waals surface area contributed by atoms with Crippen molar-refractivity contribution in [3.8, 4) is 11.1 Å². The molecule has 1 aliphatic rings. The molecule has 1 N–H and O–H groups in total. The van der Waals surface area contributed by atoms with E-state index in [1.807, 2.05) is 6.07 Å². The van der Waals surface area contributed by atoms with Crippen LogP contribution in [0.2, 0.25) is 0 Å². The normalized spacial score (nSPS) is 17.1. The third kappa shape index (κ3) is 4.46. The number of aliphatic hydroxyl groups is 1. The zero-order chi connectivity index (χ0) is 16.8. The third-order valence-corrected chi connectivity index (χ3v) is 5.36. The van der Waals surface area contributed by atoms with Gasteiger partial charge in [-0.3, -0.25) is 0 Å². The standard InChI is InChI=1S/C22H29NO/c1-23(21-10-6-3-7-11-21)17-16-22(24)20-14-12-19(13-15-20)18-8-4-2-5-9-18/h2,4-5,8-9,12-15,21-22,24H,3,6-7,10-11,16-17H2,1H3. The second-order valence-corrected chi connectivity index (χ2v) is 7.06. The summed E-state index contributed by atoms with van der Waals surface area (Å²) >= 11 is 0. The molecule has 0 radical (unpaired) electrons. The van der Waals surface area contributed by atoms with Crippen molar-refractivity contribution in [1.29, 1.82) is 0 Å². The molecule has 3 rings (SSSR count). The fraction of sp³-hybridized carbons (Fsp3) is 0.455. The number of hydrogen-bond donors (Lipinski definition) is 1. The van der Waals surface area contributed by atoms with Crippen LogP contribution in [0, 0.1) is 0 Å². The van der Waals surface area contributed by atoms with Crippen LogP contribution in [0.4, 0.5) is 0 Å². The average molecular weight is 323 g/mol. The minimum atomic E-state index is -0.374. The Balaban J connectivity index is 1.54. The van der Waals surface area contributed by atoms with E-state index in [-0.39, 0.29) is 6.10 Å². The van der Waals surface area contributed by atoms with Crippen LogP contribution in [0.1, 0.15) is 50.2 Å². The summed E-state index contributed by atoms with van der Waals surface area (Å²) in [6.45, 7) is 0.965. The molecule has 2 nitrogen and oxygen atoms in total. The number of rotatable bonds is 6. The summed E-state index contributed by atoms with van der Waals surface area (Å²) < 4.78 is 0. The fourth-order valence-corrected chi connectivity index (χ4v) is 3.73. The summed E-state index contributed by atoms with van der Waals surface area (Å²) in [6.07, 6.45) is 7.17. The SMILES string of the molecule is CN(CCC(O)c1ccc(-c2ccccc2)cc1)C1CCCCC1. The maximum absolute atomic E-state index is 10.5. The molecule has 0 heterocycles. The Morgan fingerprint density at radius 3 is 2.21 bits per heavy atom. The first kappa shape index (κ1) is 17.2. The van der Waals surface area contributed by atoms with Crippen LogP contribution in [0.15, 0.2) is 54.6 Å². The Labute approximate surface area is 146 Å². The van der Waals surface area contributed by atoms with Crippen molar-refractivity contribution in [3.05, 3.63) is 60.2 Å². The molecular formula is C22H29NO. The Morgan fingerprint density at radius 1 is 0.917 bits per heavy atom. The molecule has 1 unspecified atom stereocenters. The molecule has 2 aromatic rings. The molecule has 0 aromatic heterocycles. The van der Waals surface area contributed by atoms with E-state index in [0.29, 0.717) is 6.04 Å². The van der Waals surface area contributed by atoms with E-state index in [2.05, 4.69) is 60.5 Å². The molecule has 0 amide bonds. The summed E-state index contributed by atoms with van der Waals surface area (Å²) in [5.74, 6) is 0. The highest BCUT2D eigenvalue weighted by atomic mass is 16.3. The molecule has 0 bridgehead atoms. The molecule has 24 heavy (non-hydrogen) atoms. The topological polar surface area (TPSA) is 23.5 Å².